The maximum Gasteiger partial charge on any atom is 0.303 e. The molecule has 0 aliphatic heterocycles. The van der Waals surface area contributed by atoms with Crippen molar-refractivity contribution in [2.24, 2.45) is 0 Å². The van der Waals surface area contributed by atoms with E-state index in [0.29, 0.717) is 6.29 Å². The Morgan fingerprint density at radius 1 is 1.29 bits per heavy atom. The zero-order valence-electron chi connectivity index (χ0n) is 7.93. The summed E-state index contributed by atoms with van der Waals surface area (Å²) in [6.45, 7) is 1.65. The van der Waals surface area contributed by atoms with Crippen molar-refractivity contribution in [3.8, 4) is 0 Å². The standard InChI is InChI=1S/C8H12O6/c1-5(11)13-7(3-9)8(4-10)14-6(2)12/h3,7-8,10H,4H2,1-2H3/t7-,8+/m0/s1. The summed E-state index contributed by atoms with van der Waals surface area (Å²) in [6, 6.07) is 0. The van der Waals surface area contributed by atoms with Crippen LogP contribution in [-0.4, -0.2) is 42.1 Å². The quantitative estimate of drug-likeness (QED) is 0.458. The first-order valence-corrected chi connectivity index (χ1v) is 3.91. The van der Waals surface area contributed by atoms with Gasteiger partial charge < -0.3 is 14.6 Å². The van der Waals surface area contributed by atoms with Crippen LogP contribution in [-0.2, 0) is 23.9 Å². The molecule has 1 N–H and O–H groups in total. The molecule has 0 aromatic rings. The summed E-state index contributed by atoms with van der Waals surface area (Å²) in [5, 5.41) is 8.76. The van der Waals surface area contributed by atoms with Crippen LogP contribution in [0, 0.1) is 0 Å². The zero-order chi connectivity index (χ0) is 11.1. The maximum absolute atomic E-state index is 10.5. The first-order chi connectivity index (χ1) is 6.51. The number of aliphatic hydroxyl groups is 1. The van der Waals surface area contributed by atoms with E-state index >= 15 is 0 Å². The van der Waals surface area contributed by atoms with Gasteiger partial charge in [-0.2, -0.15) is 0 Å². The lowest BCUT2D eigenvalue weighted by molar-refractivity contribution is -0.169. The van der Waals surface area contributed by atoms with Gasteiger partial charge in [-0.3, -0.25) is 14.4 Å². The number of carbonyl (C=O) groups excluding carboxylic acids is 3. The second-order valence-electron chi connectivity index (χ2n) is 2.54. The summed E-state index contributed by atoms with van der Waals surface area (Å²) in [7, 11) is 0. The summed E-state index contributed by atoms with van der Waals surface area (Å²) < 4.78 is 9.07. The highest BCUT2D eigenvalue weighted by atomic mass is 16.6. The molecule has 0 aromatic heterocycles. The molecule has 0 unspecified atom stereocenters. The van der Waals surface area contributed by atoms with Gasteiger partial charge in [0.2, 0.25) is 0 Å². The van der Waals surface area contributed by atoms with Crippen LogP contribution in [0.15, 0.2) is 0 Å². The third-order valence-electron chi connectivity index (χ3n) is 1.30. The third kappa shape index (κ3) is 4.56. The Hall–Kier alpha value is -1.43. The van der Waals surface area contributed by atoms with Gasteiger partial charge >= 0.3 is 11.9 Å². The molecule has 6 nitrogen and oxygen atoms in total. The van der Waals surface area contributed by atoms with Gasteiger partial charge in [-0.15, -0.1) is 0 Å². The summed E-state index contributed by atoms with van der Waals surface area (Å²) in [5.74, 6) is -1.35. The normalized spacial score (nSPS) is 13.9. The van der Waals surface area contributed by atoms with E-state index < -0.39 is 30.8 Å². The molecule has 0 amide bonds. The topological polar surface area (TPSA) is 89.9 Å². The fourth-order valence-corrected chi connectivity index (χ4v) is 0.804. The van der Waals surface area contributed by atoms with Crippen molar-refractivity contribution in [1.29, 1.82) is 0 Å². The van der Waals surface area contributed by atoms with Crippen molar-refractivity contribution in [1.82, 2.24) is 0 Å². The van der Waals surface area contributed by atoms with Crippen molar-refractivity contribution in [2.75, 3.05) is 6.61 Å². The Balaban J connectivity index is 4.35. The molecule has 0 rings (SSSR count). The lowest BCUT2D eigenvalue weighted by Gasteiger charge is -2.19. The van der Waals surface area contributed by atoms with Gasteiger partial charge in [0.1, 0.15) is 0 Å². The average Bonchev–Trinajstić information content (AvgIpc) is 2.10. The molecule has 0 heterocycles. The van der Waals surface area contributed by atoms with E-state index in [4.69, 9.17) is 5.11 Å². The van der Waals surface area contributed by atoms with E-state index in [0.717, 1.165) is 13.8 Å². The summed E-state index contributed by atoms with van der Waals surface area (Å²) in [5.41, 5.74) is 0. The second-order valence-corrected chi connectivity index (χ2v) is 2.54. The second kappa shape index (κ2) is 6.09. The Morgan fingerprint density at radius 3 is 2.07 bits per heavy atom. The largest absolute Gasteiger partial charge is 0.456 e. The van der Waals surface area contributed by atoms with Crippen LogP contribution in [0.25, 0.3) is 0 Å². The molecule has 0 saturated carbocycles. The van der Waals surface area contributed by atoms with E-state index in [1.54, 1.807) is 0 Å². The van der Waals surface area contributed by atoms with Crippen molar-refractivity contribution >= 4 is 18.2 Å². The number of carbonyl (C=O) groups is 3. The van der Waals surface area contributed by atoms with Crippen molar-refractivity contribution in [3.05, 3.63) is 0 Å². The number of rotatable bonds is 5. The van der Waals surface area contributed by atoms with Gasteiger partial charge in [0.15, 0.2) is 18.5 Å². The Bertz CT molecular complexity index is 224. The highest BCUT2D eigenvalue weighted by molar-refractivity contribution is 5.71. The molecule has 80 valence electrons. The van der Waals surface area contributed by atoms with E-state index in [1.807, 2.05) is 0 Å². The number of hydrogen-bond donors (Lipinski definition) is 1. The van der Waals surface area contributed by atoms with Crippen LogP contribution in [0.5, 0.6) is 0 Å². The first kappa shape index (κ1) is 12.6. The van der Waals surface area contributed by atoms with Crippen molar-refractivity contribution < 1.29 is 29.0 Å². The van der Waals surface area contributed by atoms with Gasteiger partial charge in [0.25, 0.3) is 0 Å². The van der Waals surface area contributed by atoms with Crippen molar-refractivity contribution in [2.45, 2.75) is 26.1 Å². The van der Waals surface area contributed by atoms with Crippen LogP contribution in [0.2, 0.25) is 0 Å². The molecule has 14 heavy (non-hydrogen) atoms. The molecule has 0 radical (unpaired) electrons. The highest BCUT2D eigenvalue weighted by Crippen LogP contribution is 2.02. The average molecular weight is 204 g/mol. The predicted molar refractivity (Wildman–Crippen MR) is 44.3 cm³/mol. The number of ether oxygens (including phenoxy) is 2. The molecule has 6 heteroatoms. The molecule has 0 bridgehead atoms. The Kier molecular flexibility index (Phi) is 5.47. The Morgan fingerprint density at radius 2 is 1.79 bits per heavy atom. The SMILES string of the molecule is CC(=O)O[C@@H](C=O)[C@@H](CO)OC(C)=O. The molecule has 0 aliphatic carbocycles. The lowest BCUT2D eigenvalue weighted by Crippen LogP contribution is -2.38. The molecule has 0 fully saturated rings. The smallest absolute Gasteiger partial charge is 0.303 e. The number of hydrogen-bond acceptors (Lipinski definition) is 6. The molecular formula is C8H12O6. The molecule has 0 aromatic carbocycles. The number of aliphatic hydroxyl groups excluding tert-OH is 1. The predicted octanol–water partition coefficient (Wildman–Crippen LogP) is -0.959. The minimum atomic E-state index is -1.26. The zero-order valence-corrected chi connectivity index (χ0v) is 7.93. The van der Waals surface area contributed by atoms with Crippen LogP contribution in [0.4, 0.5) is 0 Å². The van der Waals surface area contributed by atoms with Crippen molar-refractivity contribution in [3.63, 3.8) is 0 Å². The van der Waals surface area contributed by atoms with Gasteiger partial charge in [-0.1, -0.05) is 0 Å². The highest BCUT2D eigenvalue weighted by Gasteiger charge is 2.25. The van der Waals surface area contributed by atoms with Crippen LogP contribution >= 0.6 is 0 Å². The fraction of sp³-hybridized carbons (Fsp3) is 0.625. The van der Waals surface area contributed by atoms with E-state index in [2.05, 4.69) is 9.47 Å². The van der Waals surface area contributed by atoms with Gasteiger partial charge in [0, 0.05) is 13.8 Å². The van der Waals surface area contributed by atoms with Crippen LogP contribution in [0.1, 0.15) is 13.8 Å². The van der Waals surface area contributed by atoms with Gasteiger partial charge in [-0.05, 0) is 0 Å². The van der Waals surface area contributed by atoms with Gasteiger partial charge in [-0.25, -0.2) is 0 Å². The van der Waals surface area contributed by atoms with E-state index in [-0.39, 0.29) is 0 Å². The van der Waals surface area contributed by atoms with Gasteiger partial charge in [0.05, 0.1) is 6.61 Å². The van der Waals surface area contributed by atoms with Crippen LogP contribution in [0.3, 0.4) is 0 Å². The molecule has 0 aliphatic rings. The molecule has 0 spiro atoms. The molecule has 0 saturated heterocycles. The fourth-order valence-electron chi connectivity index (χ4n) is 0.804. The van der Waals surface area contributed by atoms with E-state index in [1.165, 1.54) is 0 Å². The minimum Gasteiger partial charge on any atom is -0.456 e. The monoisotopic (exact) mass is 204 g/mol. The van der Waals surface area contributed by atoms with E-state index in [9.17, 15) is 14.4 Å². The third-order valence-corrected chi connectivity index (χ3v) is 1.30. The summed E-state index contributed by atoms with van der Waals surface area (Å²) >= 11 is 0. The number of esters is 2. The number of aldehydes is 1. The molecule has 2 atom stereocenters. The lowest BCUT2D eigenvalue weighted by atomic mass is 10.2. The molecular weight excluding hydrogens is 192 g/mol. The summed E-state index contributed by atoms with van der Waals surface area (Å²) in [6.07, 6.45) is -2.11. The minimum absolute atomic E-state index is 0.297. The maximum atomic E-state index is 10.5. The first-order valence-electron chi connectivity index (χ1n) is 3.91. The Labute approximate surface area is 80.8 Å². The summed E-state index contributed by atoms with van der Waals surface area (Å²) in [4.78, 5) is 31.5. The van der Waals surface area contributed by atoms with Crippen LogP contribution < -0.4 is 0 Å².